The van der Waals surface area contributed by atoms with Crippen molar-refractivity contribution in [3.05, 3.63) is 30.3 Å². The summed E-state index contributed by atoms with van der Waals surface area (Å²) >= 11 is 1.78. The molecule has 1 fully saturated rings. The van der Waals surface area contributed by atoms with Crippen molar-refractivity contribution in [2.45, 2.75) is 18.7 Å². The van der Waals surface area contributed by atoms with Crippen molar-refractivity contribution in [2.75, 3.05) is 26.2 Å². The third-order valence-corrected chi connectivity index (χ3v) is 4.13. The number of carbonyl (C=O) groups is 1. The Labute approximate surface area is 113 Å². The first-order valence-corrected chi connectivity index (χ1v) is 7.21. The molecule has 2 rings (SSSR count). The van der Waals surface area contributed by atoms with Crippen LogP contribution >= 0.6 is 11.9 Å². The molecule has 1 aromatic carbocycles. The van der Waals surface area contributed by atoms with Crippen LogP contribution in [0.5, 0.6) is 0 Å². The predicted molar refractivity (Wildman–Crippen MR) is 75.3 cm³/mol. The van der Waals surface area contributed by atoms with Gasteiger partial charge in [0.2, 0.25) is 5.91 Å². The SMILES string of the molecule is CC(C)C(=O)N1CCN(Sc2ccccc2)CC1. The molecule has 1 saturated heterocycles. The van der Waals surface area contributed by atoms with Gasteiger partial charge in [-0.25, -0.2) is 4.31 Å². The second kappa shape index (κ2) is 6.25. The fraction of sp³-hybridized carbons (Fsp3) is 0.500. The molecule has 4 heteroatoms. The van der Waals surface area contributed by atoms with Crippen molar-refractivity contribution in [1.29, 1.82) is 0 Å². The lowest BCUT2D eigenvalue weighted by atomic mass is 10.2. The lowest BCUT2D eigenvalue weighted by Gasteiger charge is -2.34. The number of carbonyl (C=O) groups excluding carboxylic acids is 1. The first kappa shape index (κ1) is 13.4. The highest BCUT2D eigenvalue weighted by Gasteiger charge is 2.23. The molecule has 0 aliphatic carbocycles. The molecule has 1 aliphatic heterocycles. The third-order valence-electron chi connectivity index (χ3n) is 3.02. The molecule has 0 radical (unpaired) electrons. The zero-order chi connectivity index (χ0) is 13.0. The highest BCUT2D eigenvalue weighted by Crippen LogP contribution is 2.23. The van der Waals surface area contributed by atoms with Gasteiger partial charge in [-0.1, -0.05) is 32.0 Å². The Morgan fingerprint density at radius 1 is 1.11 bits per heavy atom. The molecule has 98 valence electrons. The molecule has 1 heterocycles. The average Bonchev–Trinajstić information content (AvgIpc) is 2.40. The van der Waals surface area contributed by atoms with E-state index in [-0.39, 0.29) is 11.8 Å². The van der Waals surface area contributed by atoms with Crippen LogP contribution in [0.3, 0.4) is 0 Å². The summed E-state index contributed by atoms with van der Waals surface area (Å²) in [6, 6.07) is 10.4. The molecule has 1 aliphatic rings. The summed E-state index contributed by atoms with van der Waals surface area (Å²) in [6.45, 7) is 7.50. The fourth-order valence-corrected chi connectivity index (χ4v) is 2.92. The van der Waals surface area contributed by atoms with Crippen molar-refractivity contribution in [3.63, 3.8) is 0 Å². The van der Waals surface area contributed by atoms with Gasteiger partial charge >= 0.3 is 0 Å². The number of benzene rings is 1. The van der Waals surface area contributed by atoms with E-state index in [0.717, 1.165) is 26.2 Å². The molecule has 0 unspecified atom stereocenters. The maximum absolute atomic E-state index is 11.9. The van der Waals surface area contributed by atoms with Crippen LogP contribution in [0, 0.1) is 5.92 Å². The Morgan fingerprint density at radius 2 is 1.72 bits per heavy atom. The first-order chi connectivity index (χ1) is 8.66. The molecule has 0 N–H and O–H groups in total. The summed E-state index contributed by atoms with van der Waals surface area (Å²) in [7, 11) is 0. The van der Waals surface area contributed by atoms with E-state index in [9.17, 15) is 4.79 Å². The van der Waals surface area contributed by atoms with Crippen LogP contribution in [-0.4, -0.2) is 41.3 Å². The van der Waals surface area contributed by atoms with E-state index in [1.54, 1.807) is 11.9 Å². The Bertz CT molecular complexity index is 386. The predicted octanol–water partition coefficient (Wildman–Crippen LogP) is 2.49. The highest BCUT2D eigenvalue weighted by atomic mass is 32.2. The molecule has 1 amide bonds. The van der Waals surface area contributed by atoms with Gasteiger partial charge in [-0.3, -0.25) is 4.79 Å². The van der Waals surface area contributed by atoms with Crippen molar-refractivity contribution in [2.24, 2.45) is 5.92 Å². The van der Waals surface area contributed by atoms with Crippen molar-refractivity contribution in [1.82, 2.24) is 9.21 Å². The molecule has 0 atom stereocenters. The molecular weight excluding hydrogens is 244 g/mol. The molecule has 0 bridgehead atoms. The monoisotopic (exact) mass is 264 g/mol. The largest absolute Gasteiger partial charge is 0.340 e. The summed E-state index contributed by atoms with van der Waals surface area (Å²) < 4.78 is 2.33. The number of rotatable bonds is 3. The number of hydrogen-bond donors (Lipinski definition) is 0. The second-order valence-corrected chi connectivity index (χ2v) is 5.98. The lowest BCUT2D eigenvalue weighted by molar-refractivity contribution is -0.135. The highest BCUT2D eigenvalue weighted by molar-refractivity contribution is 7.97. The van der Waals surface area contributed by atoms with Gasteiger partial charge in [0.05, 0.1) is 0 Å². The van der Waals surface area contributed by atoms with Gasteiger partial charge in [0.1, 0.15) is 0 Å². The van der Waals surface area contributed by atoms with Gasteiger partial charge in [-0.15, -0.1) is 0 Å². The van der Waals surface area contributed by atoms with Crippen molar-refractivity contribution < 1.29 is 4.79 Å². The number of piperazine rings is 1. The minimum absolute atomic E-state index is 0.110. The Kier molecular flexibility index (Phi) is 4.66. The van der Waals surface area contributed by atoms with Crippen LogP contribution in [0.4, 0.5) is 0 Å². The zero-order valence-corrected chi connectivity index (χ0v) is 11.8. The summed E-state index contributed by atoms with van der Waals surface area (Å²) in [5, 5.41) is 0. The second-order valence-electron chi connectivity index (χ2n) is 4.81. The number of amides is 1. The molecule has 3 nitrogen and oxygen atoms in total. The van der Waals surface area contributed by atoms with Gasteiger partial charge in [-0.2, -0.15) is 0 Å². The normalized spacial score (nSPS) is 17.2. The van der Waals surface area contributed by atoms with E-state index < -0.39 is 0 Å². The topological polar surface area (TPSA) is 23.6 Å². The maximum atomic E-state index is 11.9. The van der Waals surface area contributed by atoms with Crippen LogP contribution in [0.25, 0.3) is 0 Å². The van der Waals surface area contributed by atoms with Crippen LogP contribution in [0.15, 0.2) is 35.2 Å². The summed E-state index contributed by atoms with van der Waals surface area (Å²) in [5.74, 6) is 0.387. The Hall–Kier alpha value is -1.00. The minimum atomic E-state index is 0.110. The summed E-state index contributed by atoms with van der Waals surface area (Å²) in [5.41, 5.74) is 0. The van der Waals surface area contributed by atoms with Gasteiger partial charge in [0.25, 0.3) is 0 Å². The van der Waals surface area contributed by atoms with E-state index in [2.05, 4.69) is 28.6 Å². The summed E-state index contributed by atoms with van der Waals surface area (Å²) in [4.78, 5) is 15.1. The smallest absolute Gasteiger partial charge is 0.225 e. The van der Waals surface area contributed by atoms with Crippen molar-refractivity contribution >= 4 is 17.9 Å². The molecular formula is C14H20N2OS. The van der Waals surface area contributed by atoms with Gasteiger partial charge in [0.15, 0.2) is 0 Å². The van der Waals surface area contributed by atoms with Gasteiger partial charge in [-0.05, 0) is 24.1 Å². The molecule has 0 saturated carbocycles. The number of hydrogen-bond acceptors (Lipinski definition) is 3. The fourth-order valence-electron chi connectivity index (χ4n) is 2.00. The molecule has 18 heavy (non-hydrogen) atoms. The average molecular weight is 264 g/mol. The molecule has 1 aromatic rings. The number of nitrogens with zero attached hydrogens (tertiary/aromatic N) is 2. The summed E-state index contributed by atoms with van der Waals surface area (Å²) in [6.07, 6.45) is 0. The van der Waals surface area contributed by atoms with Crippen LogP contribution in [0.1, 0.15) is 13.8 Å². The Balaban J connectivity index is 1.82. The first-order valence-electron chi connectivity index (χ1n) is 6.43. The van der Waals surface area contributed by atoms with Crippen molar-refractivity contribution in [3.8, 4) is 0 Å². The molecule has 0 aromatic heterocycles. The van der Waals surface area contributed by atoms with E-state index in [1.165, 1.54) is 4.90 Å². The van der Waals surface area contributed by atoms with E-state index >= 15 is 0 Å². The molecule has 0 spiro atoms. The van der Waals surface area contributed by atoms with Gasteiger partial charge in [0, 0.05) is 37.0 Å². The van der Waals surface area contributed by atoms with Crippen LogP contribution in [-0.2, 0) is 4.79 Å². The lowest BCUT2D eigenvalue weighted by Crippen LogP contribution is -2.47. The van der Waals surface area contributed by atoms with E-state index in [1.807, 2.05) is 24.8 Å². The van der Waals surface area contributed by atoms with E-state index in [0.29, 0.717) is 0 Å². The maximum Gasteiger partial charge on any atom is 0.225 e. The Morgan fingerprint density at radius 3 is 2.28 bits per heavy atom. The quantitative estimate of drug-likeness (QED) is 0.784. The van der Waals surface area contributed by atoms with E-state index in [4.69, 9.17) is 0 Å². The van der Waals surface area contributed by atoms with Crippen LogP contribution < -0.4 is 0 Å². The van der Waals surface area contributed by atoms with Gasteiger partial charge < -0.3 is 4.90 Å². The minimum Gasteiger partial charge on any atom is -0.340 e. The standard InChI is InChI=1S/C14H20N2OS/c1-12(2)14(17)15-8-10-16(11-9-15)18-13-6-4-3-5-7-13/h3-7,12H,8-11H2,1-2H3. The van der Waals surface area contributed by atoms with Crippen LogP contribution in [0.2, 0.25) is 0 Å². The third kappa shape index (κ3) is 3.50. The zero-order valence-electron chi connectivity index (χ0n) is 11.0.